The van der Waals surface area contributed by atoms with Gasteiger partial charge in [-0.1, -0.05) is 12.1 Å². The van der Waals surface area contributed by atoms with Gasteiger partial charge in [0.1, 0.15) is 15.6 Å². The van der Waals surface area contributed by atoms with Crippen molar-refractivity contribution in [2.24, 2.45) is 0 Å². The highest BCUT2D eigenvalue weighted by molar-refractivity contribution is 7.90. The molecule has 0 fully saturated rings. The van der Waals surface area contributed by atoms with Gasteiger partial charge in [-0.2, -0.15) is 0 Å². The molecule has 0 saturated heterocycles. The molecule has 0 aliphatic carbocycles. The van der Waals surface area contributed by atoms with Gasteiger partial charge in [-0.05, 0) is 24.1 Å². The highest BCUT2D eigenvalue weighted by Crippen LogP contribution is 2.14. The van der Waals surface area contributed by atoms with E-state index in [1.807, 2.05) is 24.3 Å². The van der Waals surface area contributed by atoms with Crippen molar-refractivity contribution in [3.63, 3.8) is 0 Å². The SMILES string of the molecule is CS(=O)(=O)CCCOc1cccc(CCl)c1. The van der Waals surface area contributed by atoms with Crippen LogP contribution in [0.2, 0.25) is 0 Å². The minimum absolute atomic E-state index is 0.155. The summed E-state index contributed by atoms with van der Waals surface area (Å²) >= 11 is 5.69. The lowest BCUT2D eigenvalue weighted by Gasteiger charge is -2.06. The lowest BCUT2D eigenvalue weighted by molar-refractivity contribution is 0.317. The third-order valence-corrected chi connectivity index (χ3v) is 3.32. The molecule has 0 atom stereocenters. The Morgan fingerprint density at radius 3 is 2.75 bits per heavy atom. The number of benzene rings is 1. The molecule has 16 heavy (non-hydrogen) atoms. The lowest BCUT2D eigenvalue weighted by Crippen LogP contribution is -2.08. The number of hydrogen-bond donors (Lipinski definition) is 0. The Hall–Kier alpha value is -0.740. The van der Waals surface area contributed by atoms with Crippen LogP contribution in [0.25, 0.3) is 0 Å². The third-order valence-electron chi connectivity index (χ3n) is 1.98. The summed E-state index contributed by atoms with van der Waals surface area (Å²) in [4.78, 5) is 0. The van der Waals surface area contributed by atoms with Gasteiger partial charge < -0.3 is 4.74 Å². The summed E-state index contributed by atoms with van der Waals surface area (Å²) in [5, 5.41) is 0. The fourth-order valence-electron chi connectivity index (χ4n) is 1.23. The fraction of sp³-hybridized carbons (Fsp3) is 0.455. The van der Waals surface area contributed by atoms with E-state index >= 15 is 0 Å². The third kappa shape index (κ3) is 5.37. The zero-order chi connectivity index (χ0) is 12.0. The van der Waals surface area contributed by atoms with Crippen molar-refractivity contribution in [3.8, 4) is 5.75 Å². The second-order valence-corrected chi connectivity index (χ2v) is 6.14. The second-order valence-electron chi connectivity index (χ2n) is 3.61. The molecule has 1 aromatic rings. The summed E-state index contributed by atoms with van der Waals surface area (Å²) in [5.41, 5.74) is 0.988. The van der Waals surface area contributed by atoms with Crippen LogP contribution < -0.4 is 4.74 Å². The van der Waals surface area contributed by atoms with Crippen molar-refractivity contribution < 1.29 is 13.2 Å². The van der Waals surface area contributed by atoms with E-state index < -0.39 is 9.84 Å². The highest BCUT2D eigenvalue weighted by atomic mass is 35.5. The van der Waals surface area contributed by atoms with Crippen molar-refractivity contribution in [1.29, 1.82) is 0 Å². The van der Waals surface area contributed by atoms with E-state index in [2.05, 4.69) is 0 Å². The van der Waals surface area contributed by atoms with E-state index in [4.69, 9.17) is 16.3 Å². The summed E-state index contributed by atoms with van der Waals surface area (Å²) in [7, 11) is -2.89. The van der Waals surface area contributed by atoms with Gasteiger partial charge in [-0.3, -0.25) is 0 Å². The molecule has 0 aromatic heterocycles. The van der Waals surface area contributed by atoms with Crippen LogP contribution in [0.1, 0.15) is 12.0 Å². The van der Waals surface area contributed by atoms with Crippen LogP contribution >= 0.6 is 11.6 Å². The standard InChI is InChI=1S/C11H15ClO3S/c1-16(13,14)7-3-6-15-11-5-2-4-10(8-11)9-12/h2,4-5,8H,3,6-7,9H2,1H3. The zero-order valence-corrected chi connectivity index (χ0v) is 10.7. The molecule has 90 valence electrons. The Morgan fingerprint density at radius 1 is 1.38 bits per heavy atom. The molecule has 0 saturated carbocycles. The number of sulfone groups is 1. The van der Waals surface area contributed by atoms with Crippen molar-refractivity contribution in [2.45, 2.75) is 12.3 Å². The van der Waals surface area contributed by atoms with Gasteiger partial charge in [0.15, 0.2) is 0 Å². The van der Waals surface area contributed by atoms with E-state index in [0.717, 1.165) is 11.3 Å². The van der Waals surface area contributed by atoms with Crippen molar-refractivity contribution in [2.75, 3.05) is 18.6 Å². The topological polar surface area (TPSA) is 43.4 Å². The van der Waals surface area contributed by atoms with Gasteiger partial charge in [0, 0.05) is 12.1 Å². The van der Waals surface area contributed by atoms with E-state index in [1.165, 1.54) is 6.26 Å². The molecule has 5 heteroatoms. The maximum atomic E-state index is 10.9. The van der Waals surface area contributed by atoms with Gasteiger partial charge in [-0.25, -0.2) is 8.42 Å². The minimum Gasteiger partial charge on any atom is -0.494 e. The molecule has 0 amide bonds. The minimum atomic E-state index is -2.89. The van der Waals surface area contributed by atoms with Crippen molar-refractivity contribution in [1.82, 2.24) is 0 Å². The smallest absolute Gasteiger partial charge is 0.147 e. The number of alkyl halides is 1. The Morgan fingerprint density at radius 2 is 2.12 bits per heavy atom. The van der Waals surface area contributed by atoms with Gasteiger partial charge in [0.2, 0.25) is 0 Å². The number of halogens is 1. The summed E-state index contributed by atoms with van der Waals surface area (Å²) in [6, 6.07) is 7.46. The average Bonchev–Trinajstić information content (AvgIpc) is 2.23. The zero-order valence-electron chi connectivity index (χ0n) is 9.15. The second kappa shape index (κ2) is 6.11. The molecule has 1 rings (SSSR count). The Balaban J connectivity index is 2.37. The van der Waals surface area contributed by atoms with E-state index in [0.29, 0.717) is 18.9 Å². The first-order valence-electron chi connectivity index (χ1n) is 4.97. The first-order chi connectivity index (χ1) is 7.51. The maximum Gasteiger partial charge on any atom is 0.147 e. The van der Waals surface area contributed by atoms with Gasteiger partial charge in [-0.15, -0.1) is 11.6 Å². The van der Waals surface area contributed by atoms with Crippen LogP contribution in [0.15, 0.2) is 24.3 Å². The predicted octanol–water partition coefficient (Wildman–Crippen LogP) is 2.24. The molecule has 0 N–H and O–H groups in total. The molecule has 1 aromatic carbocycles. The van der Waals surface area contributed by atoms with Gasteiger partial charge >= 0.3 is 0 Å². The summed E-state index contributed by atoms with van der Waals surface area (Å²) in [6.45, 7) is 0.402. The molecule has 0 radical (unpaired) electrons. The van der Waals surface area contributed by atoms with E-state index in [9.17, 15) is 8.42 Å². The maximum absolute atomic E-state index is 10.9. The van der Waals surface area contributed by atoms with Crippen LogP contribution in [0, 0.1) is 0 Å². The van der Waals surface area contributed by atoms with Gasteiger partial charge in [0.25, 0.3) is 0 Å². The van der Waals surface area contributed by atoms with Gasteiger partial charge in [0.05, 0.1) is 12.4 Å². The predicted molar refractivity (Wildman–Crippen MR) is 65.8 cm³/mol. The Labute approximate surface area is 101 Å². The molecule has 0 bridgehead atoms. The summed E-state index contributed by atoms with van der Waals surface area (Å²) < 4.78 is 27.2. The Bertz CT molecular complexity index is 429. The molecule has 0 heterocycles. The average molecular weight is 263 g/mol. The first-order valence-corrected chi connectivity index (χ1v) is 7.56. The number of hydrogen-bond acceptors (Lipinski definition) is 3. The molecule has 0 spiro atoms. The van der Waals surface area contributed by atoms with Crippen LogP contribution in [0.5, 0.6) is 5.75 Å². The monoisotopic (exact) mass is 262 g/mol. The fourth-order valence-corrected chi connectivity index (χ4v) is 2.04. The number of ether oxygens (including phenoxy) is 1. The Kier molecular flexibility index (Phi) is 5.09. The van der Waals surface area contributed by atoms with Crippen LogP contribution in [-0.2, 0) is 15.7 Å². The lowest BCUT2D eigenvalue weighted by atomic mass is 10.2. The van der Waals surface area contributed by atoms with E-state index in [-0.39, 0.29) is 5.75 Å². The first kappa shape index (κ1) is 13.3. The van der Waals surface area contributed by atoms with E-state index in [1.54, 1.807) is 0 Å². The summed E-state index contributed by atoms with van der Waals surface area (Å²) in [5.74, 6) is 1.33. The highest BCUT2D eigenvalue weighted by Gasteiger charge is 2.02. The molecule has 0 aliphatic heterocycles. The van der Waals surface area contributed by atoms with Crippen LogP contribution in [-0.4, -0.2) is 27.0 Å². The van der Waals surface area contributed by atoms with Crippen LogP contribution in [0.3, 0.4) is 0 Å². The molecule has 3 nitrogen and oxygen atoms in total. The molecule has 0 aliphatic rings. The molecule has 0 unspecified atom stereocenters. The molecular weight excluding hydrogens is 248 g/mol. The normalized spacial score (nSPS) is 11.4. The quantitative estimate of drug-likeness (QED) is 0.583. The van der Waals surface area contributed by atoms with Crippen LogP contribution in [0.4, 0.5) is 0 Å². The van der Waals surface area contributed by atoms with Crippen molar-refractivity contribution in [3.05, 3.63) is 29.8 Å². The summed E-state index contributed by atoms with van der Waals surface area (Å²) in [6.07, 6.45) is 1.73. The van der Waals surface area contributed by atoms with Crippen molar-refractivity contribution >= 4 is 21.4 Å². The number of rotatable bonds is 6. The largest absolute Gasteiger partial charge is 0.494 e. The molecular formula is C11H15ClO3S.